The van der Waals surface area contributed by atoms with Crippen molar-refractivity contribution < 1.29 is 19.1 Å². The van der Waals surface area contributed by atoms with Gasteiger partial charge in [-0.25, -0.2) is 4.98 Å². The molecule has 4 rings (SSSR count). The zero-order valence-corrected chi connectivity index (χ0v) is 25.6. The van der Waals surface area contributed by atoms with Crippen LogP contribution in [0.2, 0.25) is 0 Å². The zero-order valence-electron chi connectivity index (χ0n) is 24.8. The molecular formula is C32H46N4O4S. The maximum Gasteiger partial charge on any atom is 0.245 e. The third-order valence-corrected chi connectivity index (χ3v) is 9.15. The lowest BCUT2D eigenvalue weighted by Crippen LogP contribution is -2.52. The van der Waals surface area contributed by atoms with Crippen LogP contribution in [0.4, 0.5) is 0 Å². The van der Waals surface area contributed by atoms with Gasteiger partial charge in [-0.1, -0.05) is 44.9 Å². The first-order chi connectivity index (χ1) is 19.9. The Morgan fingerprint density at radius 2 is 1.95 bits per heavy atom. The molecule has 2 N–H and O–H groups in total. The van der Waals surface area contributed by atoms with E-state index in [0.29, 0.717) is 49.3 Å². The number of likely N-dealkylation sites (tertiary alicyclic amines) is 1. The minimum absolute atomic E-state index is 0.0640. The number of rotatable bonds is 15. The number of aromatic nitrogens is 1. The Morgan fingerprint density at radius 3 is 2.71 bits per heavy atom. The highest BCUT2D eigenvalue weighted by Crippen LogP contribution is 2.37. The van der Waals surface area contributed by atoms with Crippen molar-refractivity contribution >= 4 is 23.0 Å². The molecule has 1 aromatic heterocycles. The minimum atomic E-state index is -0.296. The number of ether oxygens (including phenoxy) is 2. The fourth-order valence-electron chi connectivity index (χ4n) is 5.70. The summed E-state index contributed by atoms with van der Waals surface area (Å²) in [6, 6.07) is 6.85. The average molecular weight is 583 g/mol. The molecule has 1 saturated carbocycles. The van der Waals surface area contributed by atoms with Crippen molar-refractivity contribution in [3.8, 4) is 5.75 Å². The summed E-state index contributed by atoms with van der Waals surface area (Å²) in [5.41, 5.74) is 1.78. The van der Waals surface area contributed by atoms with Gasteiger partial charge in [0.25, 0.3) is 0 Å². The van der Waals surface area contributed by atoms with E-state index in [4.69, 9.17) is 14.5 Å². The number of carbonyl (C=O) groups excluding carboxylic acids is 2. The van der Waals surface area contributed by atoms with Crippen LogP contribution in [-0.2, 0) is 9.53 Å². The molecular weight excluding hydrogens is 536 g/mol. The standard InChI is InChI=1S/C32H46N4O4S/c1-5-17-39-18-19-40-26-14-9-13-25(20-26)30(37)27-21-41-31(35-27)28-15-10-16-36(28)32(38)29(24-11-7-6-8-12-24)34-23(3)22(2)33-4/h9,13-14,20-22,24,28-29,33-34H,3,5-8,10-12,15-19H2,1-2,4H3/t22-,28-,29-/m0/s1. The number of hydrogen-bond acceptors (Lipinski definition) is 8. The van der Waals surface area contributed by atoms with Gasteiger partial charge in [0.2, 0.25) is 11.7 Å². The third-order valence-electron chi connectivity index (χ3n) is 8.20. The molecule has 9 heteroatoms. The van der Waals surface area contributed by atoms with Gasteiger partial charge in [-0.05, 0) is 64.1 Å². The molecule has 1 aromatic carbocycles. The predicted octanol–water partition coefficient (Wildman–Crippen LogP) is 5.50. The summed E-state index contributed by atoms with van der Waals surface area (Å²) >= 11 is 1.46. The Hall–Kier alpha value is -2.75. The molecule has 0 spiro atoms. The van der Waals surface area contributed by atoms with Gasteiger partial charge in [-0.15, -0.1) is 11.3 Å². The molecule has 1 aliphatic carbocycles. The van der Waals surface area contributed by atoms with E-state index in [1.807, 2.05) is 36.4 Å². The van der Waals surface area contributed by atoms with Crippen LogP contribution in [0.15, 0.2) is 41.9 Å². The van der Waals surface area contributed by atoms with E-state index in [1.54, 1.807) is 12.1 Å². The second-order valence-corrected chi connectivity index (χ2v) is 12.0. The quantitative estimate of drug-likeness (QED) is 0.212. The van der Waals surface area contributed by atoms with Crippen LogP contribution in [0.5, 0.6) is 5.75 Å². The van der Waals surface area contributed by atoms with Crippen molar-refractivity contribution in [2.75, 3.05) is 33.4 Å². The topological polar surface area (TPSA) is 92.8 Å². The molecule has 0 bridgehead atoms. The van der Waals surface area contributed by atoms with Gasteiger partial charge in [0.15, 0.2) is 0 Å². The number of thiazole rings is 1. The van der Waals surface area contributed by atoms with Gasteiger partial charge in [0.05, 0.1) is 12.6 Å². The van der Waals surface area contributed by atoms with Crippen LogP contribution in [0.1, 0.15) is 92.3 Å². The minimum Gasteiger partial charge on any atom is -0.491 e. The molecule has 0 radical (unpaired) electrons. The highest BCUT2D eigenvalue weighted by atomic mass is 32.1. The van der Waals surface area contributed by atoms with Gasteiger partial charge < -0.3 is 25.0 Å². The van der Waals surface area contributed by atoms with Gasteiger partial charge in [-0.3, -0.25) is 9.59 Å². The second kappa shape index (κ2) is 15.5. The van der Waals surface area contributed by atoms with Crippen molar-refractivity contribution in [3.63, 3.8) is 0 Å². The van der Waals surface area contributed by atoms with Crippen molar-refractivity contribution in [1.82, 2.24) is 20.5 Å². The summed E-state index contributed by atoms with van der Waals surface area (Å²) in [6.45, 7) is 10.7. The van der Waals surface area contributed by atoms with Gasteiger partial charge >= 0.3 is 0 Å². The smallest absolute Gasteiger partial charge is 0.245 e. The lowest BCUT2D eigenvalue weighted by molar-refractivity contribution is -0.136. The van der Waals surface area contributed by atoms with E-state index in [1.165, 1.54) is 17.8 Å². The highest BCUT2D eigenvalue weighted by molar-refractivity contribution is 7.10. The Balaban J connectivity index is 1.45. The first-order valence-electron chi connectivity index (χ1n) is 15.2. The van der Waals surface area contributed by atoms with Crippen LogP contribution in [0.25, 0.3) is 0 Å². The summed E-state index contributed by atoms with van der Waals surface area (Å²) in [4.78, 5) is 34.2. The lowest BCUT2D eigenvalue weighted by Gasteiger charge is -2.36. The molecule has 1 saturated heterocycles. The van der Waals surface area contributed by atoms with Gasteiger partial charge in [0, 0.05) is 35.8 Å². The Morgan fingerprint density at radius 1 is 1.15 bits per heavy atom. The Labute approximate surface area is 248 Å². The molecule has 1 aliphatic heterocycles. The summed E-state index contributed by atoms with van der Waals surface area (Å²) in [5.74, 6) is 0.906. The lowest BCUT2D eigenvalue weighted by atomic mass is 9.83. The monoisotopic (exact) mass is 582 g/mol. The SMILES string of the molecule is C=C(N[C@H](C(=O)N1CCC[C@H]1c1nc(C(=O)c2cccc(OCCOCCC)c2)cs1)C1CCCCC1)[C@H](C)NC. The molecule has 3 atom stereocenters. The molecule has 8 nitrogen and oxygen atoms in total. The summed E-state index contributed by atoms with van der Waals surface area (Å²) in [7, 11) is 1.90. The zero-order chi connectivity index (χ0) is 29.2. The normalized spacial score (nSPS) is 19.1. The van der Waals surface area contributed by atoms with Crippen LogP contribution < -0.4 is 15.4 Å². The first-order valence-corrected chi connectivity index (χ1v) is 16.0. The number of nitrogens with one attached hydrogen (secondary N) is 2. The second-order valence-electron chi connectivity index (χ2n) is 11.1. The van der Waals surface area contributed by atoms with Crippen LogP contribution in [-0.4, -0.2) is 67.1 Å². The van der Waals surface area contributed by atoms with E-state index in [9.17, 15) is 9.59 Å². The summed E-state index contributed by atoms with van der Waals surface area (Å²) in [5, 5.41) is 9.39. The molecule has 41 heavy (non-hydrogen) atoms. The first kappa shape index (κ1) is 31.2. The highest BCUT2D eigenvalue weighted by Gasteiger charge is 2.39. The number of likely N-dealkylation sites (N-methyl/N-ethyl adjacent to an activating group) is 1. The average Bonchev–Trinajstić information content (AvgIpc) is 3.69. The molecule has 224 valence electrons. The summed E-state index contributed by atoms with van der Waals surface area (Å²) < 4.78 is 11.2. The van der Waals surface area contributed by atoms with E-state index in [2.05, 4.69) is 24.1 Å². The van der Waals surface area contributed by atoms with Gasteiger partial charge in [-0.2, -0.15) is 0 Å². The Kier molecular flexibility index (Phi) is 11.8. The number of amides is 1. The summed E-state index contributed by atoms with van der Waals surface area (Å²) in [6.07, 6.45) is 8.38. The fourth-order valence-corrected chi connectivity index (χ4v) is 6.64. The van der Waals surface area contributed by atoms with Crippen molar-refractivity contribution in [1.29, 1.82) is 0 Å². The van der Waals surface area contributed by atoms with E-state index in [0.717, 1.165) is 55.7 Å². The largest absolute Gasteiger partial charge is 0.491 e. The molecule has 2 fully saturated rings. The number of benzene rings is 1. The Bertz CT molecular complexity index is 1160. The molecule has 2 aliphatic rings. The number of carbonyl (C=O) groups is 2. The van der Waals surface area contributed by atoms with Crippen molar-refractivity contribution in [2.45, 2.75) is 83.3 Å². The maximum atomic E-state index is 14.1. The number of hydrogen-bond donors (Lipinski definition) is 2. The van der Waals surface area contributed by atoms with Crippen LogP contribution >= 0.6 is 11.3 Å². The van der Waals surface area contributed by atoms with E-state index in [-0.39, 0.29) is 29.8 Å². The van der Waals surface area contributed by atoms with Crippen LogP contribution in [0.3, 0.4) is 0 Å². The van der Waals surface area contributed by atoms with Crippen molar-refractivity contribution in [2.24, 2.45) is 5.92 Å². The maximum absolute atomic E-state index is 14.1. The molecule has 2 aromatic rings. The molecule has 0 unspecified atom stereocenters. The third kappa shape index (κ3) is 8.17. The van der Waals surface area contributed by atoms with E-state index < -0.39 is 0 Å². The molecule has 1 amide bonds. The van der Waals surface area contributed by atoms with Gasteiger partial charge in [0.1, 0.15) is 29.1 Å². The van der Waals surface area contributed by atoms with E-state index >= 15 is 0 Å². The molecule has 2 heterocycles. The van der Waals surface area contributed by atoms with Crippen LogP contribution in [0, 0.1) is 5.92 Å². The number of ketones is 1. The number of nitrogens with zero attached hydrogens (tertiary/aromatic N) is 2. The fraction of sp³-hybridized carbons (Fsp3) is 0.594. The predicted molar refractivity (Wildman–Crippen MR) is 163 cm³/mol. The van der Waals surface area contributed by atoms with Crippen molar-refractivity contribution in [3.05, 3.63) is 58.2 Å².